The molecule has 3 heteroatoms. The van der Waals surface area contributed by atoms with Gasteiger partial charge in [0.25, 0.3) is 0 Å². The van der Waals surface area contributed by atoms with Crippen molar-refractivity contribution >= 4 is 5.91 Å². The third-order valence-corrected chi connectivity index (χ3v) is 2.11. The van der Waals surface area contributed by atoms with Crippen molar-refractivity contribution in [2.45, 2.75) is 45.3 Å². The zero-order chi connectivity index (χ0) is 9.19. The van der Waals surface area contributed by atoms with Crippen LogP contribution in [-0.2, 0) is 9.53 Å². The summed E-state index contributed by atoms with van der Waals surface area (Å²) in [7, 11) is 0. The molecule has 0 aromatic rings. The Morgan fingerprint density at radius 3 is 2.75 bits per heavy atom. The van der Waals surface area contributed by atoms with E-state index in [0.29, 0.717) is 6.54 Å². The van der Waals surface area contributed by atoms with Gasteiger partial charge in [-0.05, 0) is 33.6 Å². The number of carbonyl (C=O) groups excluding carboxylic acids is 1. The lowest BCUT2D eigenvalue weighted by atomic mass is 10.1. The highest BCUT2D eigenvalue weighted by Crippen LogP contribution is 2.29. The summed E-state index contributed by atoms with van der Waals surface area (Å²) in [6.07, 6.45) is 1.59. The summed E-state index contributed by atoms with van der Waals surface area (Å²) >= 11 is 0. The predicted octanol–water partition coefficient (Wildman–Crippen LogP) is 1.08. The number of likely N-dealkylation sites (N-methyl/N-ethyl adjacent to an activating group) is 1. The molecule has 3 nitrogen and oxygen atoms in total. The molecule has 1 saturated heterocycles. The number of ether oxygens (including phenoxy) is 1. The Bertz CT molecular complexity index is 177. The van der Waals surface area contributed by atoms with Gasteiger partial charge in [0.1, 0.15) is 6.10 Å². The van der Waals surface area contributed by atoms with Gasteiger partial charge in [0, 0.05) is 6.54 Å². The zero-order valence-electron chi connectivity index (χ0n) is 8.02. The van der Waals surface area contributed by atoms with Gasteiger partial charge in [-0.15, -0.1) is 0 Å². The SMILES string of the molecule is CCNC(=O)C1CCC(C)(C)O1. The van der Waals surface area contributed by atoms with Crippen molar-refractivity contribution in [2.24, 2.45) is 0 Å². The van der Waals surface area contributed by atoms with Crippen molar-refractivity contribution in [3.63, 3.8) is 0 Å². The first kappa shape index (κ1) is 9.52. The standard InChI is InChI=1S/C9H17NO2/c1-4-10-8(11)7-5-6-9(2,3)12-7/h7H,4-6H2,1-3H3,(H,10,11). The highest BCUT2D eigenvalue weighted by molar-refractivity contribution is 5.81. The van der Waals surface area contributed by atoms with E-state index in [9.17, 15) is 4.79 Å². The molecule has 70 valence electrons. The summed E-state index contributed by atoms with van der Waals surface area (Å²) < 4.78 is 5.55. The Balaban J connectivity index is 2.41. The van der Waals surface area contributed by atoms with Gasteiger partial charge >= 0.3 is 0 Å². The molecule has 0 aromatic heterocycles. The van der Waals surface area contributed by atoms with Crippen LogP contribution in [0.2, 0.25) is 0 Å². The number of nitrogens with one attached hydrogen (secondary N) is 1. The third-order valence-electron chi connectivity index (χ3n) is 2.11. The normalized spacial score (nSPS) is 27.1. The van der Waals surface area contributed by atoms with E-state index in [1.54, 1.807) is 0 Å². The summed E-state index contributed by atoms with van der Waals surface area (Å²) in [6.45, 7) is 6.63. The molecule has 1 aliphatic rings. The summed E-state index contributed by atoms with van der Waals surface area (Å²) in [5.74, 6) is 0.0306. The van der Waals surface area contributed by atoms with Gasteiger partial charge in [-0.2, -0.15) is 0 Å². The molecule has 0 bridgehead atoms. The maximum atomic E-state index is 11.3. The maximum Gasteiger partial charge on any atom is 0.249 e. The molecule has 0 aliphatic carbocycles. The van der Waals surface area contributed by atoms with Crippen molar-refractivity contribution in [3.8, 4) is 0 Å². The smallest absolute Gasteiger partial charge is 0.249 e. The Morgan fingerprint density at radius 1 is 1.67 bits per heavy atom. The minimum absolute atomic E-state index is 0.0306. The molecule has 0 aromatic carbocycles. The molecule has 0 spiro atoms. The van der Waals surface area contributed by atoms with Gasteiger partial charge in [-0.3, -0.25) is 4.79 Å². The fourth-order valence-corrected chi connectivity index (χ4v) is 1.45. The number of rotatable bonds is 2. The predicted molar refractivity (Wildman–Crippen MR) is 46.9 cm³/mol. The molecule has 1 heterocycles. The van der Waals surface area contributed by atoms with E-state index >= 15 is 0 Å². The van der Waals surface area contributed by atoms with E-state index in [-0.39, 0.29) is 17.6 Å². The lowest BCUT2D eigenvalue weighted by molar-refractivity contribution is -0.135. The third kappa shape index (κ3) is 2.21. The summed E-state index contributed by atoms with van der Waals surface area (Å²) in [5, 5.41) is 2.76. The van der Waals surface area contributed by atoms with E-state index in [1.165, 1.54) is 0 Å². The lowest BCUT2D eigenvalue weighted by Gasteiger charge is -2.18. The number of carbonyl (C=O) groups is 1. The van der Waals surface area contributed by atoms with Crippen LogP contribution in [0.3, 0.4) is 0 Å². The van der Waals surface area contributed by atoms with Crippen LogP contribution in [0.15, 0.2) is 0 Å². The summed E-state index contributed by atoms with van der Waals surface area (Å²) in [5.41, 5.74) is -0.115. The molecule has 1 rings (SSSR count). The van der Waals surface area contributed by atoms with Gasteiger partial charge < -0.3 is 10.1 Å². The van der Waals surface area contributed by atoms with Crippen molar-refractivity contribution < 1.29 is 9.53 Å². The molecule has 0 radical (unpaired) electrons. The van der Waals surface area contributed by atoms with Crippen LogP contribution in [0.4, 0.5) is 0 Å². The first-order chi connectivity index (χ1) is 5.55. The van der Waals surface area contributed by atoms with Gasteiger partial charge in [-0.1, -0.05) is 0 Å². The van der Waals surface area contributed by atoms with Crippen molar-refractivity contribution in [1.29, 1.82) is 0 Å². The lowest BCUT2D eigenvalue weighted by Crippen LogP contribution is -2.35. The van der Waals surface area contributed by atoms with Gasteiger partial charge in [0.05, 0.1) is 5.60 Å². The van der Waals surface area contributed by atoms with Crippen LogP contribution >= 0.6 is 0 Å². The van der Waals surface area contributed by atoms with E-state index in [1.807, 2.05) is 20.8 Å². The number of hydrogen-bond acceptors (Lipinski definition) is 2. The highest BCUT2D eigenvalue weighted by atomic mass is 16.5. The van der Waals surface area contributed by atoms with Gasteiger partial charge in [0.15, 0.2) is 0 Å². The van der Waals surface area contributed by atoms with Crippen LogP contribution in [0.1, 0.15) is 33.6 Å². The van der Waals surface area contributed by atoms with E-state index in [2.05, 4.69) is 5.32 Å². The minimum atomic E-state index is -0.222. The highest BCUT2D eigenvalue weighted by Gasteiger charge is 2.35. The van der Waals surface area contributed by atoms with Crippen LogP contribution in [-0.4, -0.2) is 24.2 Å². The van der Waals surface area contributed by atoms with Crippen LogP contribution < -0.4 is 5.32 Å². The average molecular weight is 171 g/mol. The Labute approximate surface area is 73.5 Å². The summed E-state index contributed by atoms with van der Waals surface area (Å²) in [6, 6.07) is 0. The van der Waals surface area contributed by atoms with Gasteiger partial charge in [-0.25, -0.2) is 0 Å². The monoisotopic (exact) mass is 171 g/mol. The first-order valence-electron chi connectivity index (χ1n) is 4.51. The topological polar surface area (TPSA) is 38.3 Å². The zero-order valence-corrected chi connectivity index (χ0v) is 8.02. The largest absolute Gasteiger partial charge is 0.363 e. The van der Waals surface area contributed by atoms with Crippen LogP contribution in [0.5, 0.6) is 0 Å². The molecule has 1 fully saturated rings. The molecule has 1 atom stereocenters. The average Bonchev–Trinajstić information content (AvgIpc) is 2.31. The molecular weight excluding hydrogens is 154 g/mol. The number of hydrogen-bond donors (Lipinski definition) is 1. The van der Waals surface area contributed by atoms with Crippen molar-refractivity contribution in [1.82, 2.24) is 5.32 Å². The Morgan fingerprint density at radius 2 is 2.33 bits per heavy atom. The maximum absolute atomic E-state index is 11.3. The first-order valence-corrected chi connectivity index (χ1v) is 4.51. The van der Waals surface area contributed by atoms with E-state index < -0.39 is 0 Å². The fraction of sp³-hybridized carbons (Fsp3) is 0.889. The van der Waals surface area contributed by atoms with Crippen LogP contribution in [0, 0.1) is 0 Å². The second-order valence-electron chi connectivity index (χ2n) is 3.80. The molecule has 1 amide bonds. The second-order valence-corrected chi connectivity index (χ2v) is 3.80. The molecule has 1 aliphatic heterocycles. The van der Waals surface area contributed by atoms with E-state index in [0.717, 1.165) is 12.8 Å². The van der Waals surface area contributed by atoms with Gasteiger partial charge in [0.2, 0.25) is 5.91 Å². The van der Waals surface area contributed by atoms with Crippen molar-refractivity contribution in [3.05, 3.63) is 0 Å². The molecule has 12 heavy (non-hydrogen) atoms. The summed E-state index contributed by atoms with van der Waals surface area (Å²) in [4.78, 5) is 11.3. The molecule has 1 N–H and O–H groups in total. The fourth-order valence-electron chi connectivity index (χ4n) is 1.45. The van der Waals surface area contributed by atoms with E-state index in [4.69, 9.17) is 4.74 Å². The second kappa shape index (κ2) is 3.44. The molecule has 0 saturated carbocycles. The van der Waals surface area contributed by atoms with Crippen LogP contribution in [0.25, 0.3) is 0 Å². The number of amides is 1. The van der Waals surface area contributed by atoms with Crippen molar-refractivity contribution in [2.75, 3.05) is 6.54 Å². The Kier molecular flexibility index (Phi) is 2.73. The Hall–Kier alpha value is -0.570. The minimum Gasteiger partial charge on any atom is -0.363 e. The molecule has 1 unspecified atom stereocenters. The molecular formula is C9H17NO2. The quantitative estimate of drug-likeness (QED) is 0.675.